The molecule has 10 nitrogen and oxygen atoms in total. The van der Waals surface area contributed by atoms with E-state index >= 15 is 0 Å². The molecule has 0 aliphatic rings. The summed E-state index contributed by atoms with van der Waals surface area (Å²) >= 11 is 0. The molecule has 0 radical (unpaired) electrons. The van der Waals surface area contributed by atoms with Crippen LogP contribution in [0.4, 0.5) is 5.82 Å². The zero-order valence-corrected chi connectivity index (χ0v) is 19.0. The fraction of sp³-hybridized carbons (Fsp3) is 0.545. The van der Waals surface area contributed by atoms with E-state index in [-0.39, 0.29) is 72.3 Å². The Morgan fingerprint density at radius 1 is 1.33 bits per heavy atom. The summed E-state index contributed by atoms with van der Waals surface area (Å²) in [6.45, 7) is -0.175. The largest absolute Gasteiger partial charge is 1.00 e. The first-order chi connectivity index (χ1) is 10.3. The quantitative estimate of drug-likeness (QED) is 0.369. The second-order valence-corrected chi connectivity index (χ2v) is 6.41. The molecule has 2 rings (SSSR count). The van der Waals surface area contributed by atoms with Gasteiger partial charge in [-0.05, 0) is 7.60 Å². The fourth-order valence-electron chi connectivity index (χ4n) is 1.94. The SMILES string of the molecule is CN(C)c1ncnc2ncn(CC(O)COCP(=O)([O-])[O-])c12.[Na+].[Na+]. The summed E-state index contributed by atoms with van der Waals surface area (Å²) in [6, 6.07) is 0. The van der Waals surface area contributed by atoms with Crippen molar-refractivity contribution in [3.8, 4) is 0 Å². The molecule has 0 amide bonds. The molecule has 2 aromatic rings. The zero-order valence-electron chi connectivity index (χ0n) is 14.1. The van der Waals surface area contributed by atoms with Crippen LogP contribution in [0.2, 0.25) is 0 Å². The Balaban J connectivity index is 0.00000264. The maximum Gasteiger partial charge on any atom is 1.00 e. The van der Waals surface area contributed by atoms with Gasteiger partial charge in [0.05, 0.1) is 31.9 Å². The number of anilines is 1. The topological polar surface area (TPSA) is 139 Å². The number of nitrogens with zero attached hydrogens (tertiary/aromatic N) is 5. The molecule has 24 heavy (non-hydrogen) atoms. The molecule has 0 saturated heterocycles. The summed E-state index contributed by atoms with van der Waals surface area (Å²) in [4.78, 5) is 35.0. The van der Waals surface area contributed by atoms with Crippen molar-refractivity contribution in [3.63, 3.8) is 0 Å². The van der Waals surface area contributed by atoms with E-state index in [1.54, 1.807) is 9.47 Å². The average Bonchev–Trinajstić information content (AvgIpc) is 2.80. The van der Waals surface area contributed by atoms with Gasteiger partial charge in [-0.1, -0.05) is 0 Å². The molecule has 1 atom stereocenters. The standard InChI is InChI=1S/C11H18N5O5P.2Na/c1-15(2)11-9-10(12-5-13-11)14-6-16(9)3-8(17)4-21-7-22(18,19)20;;/h5-6,8,17H,3-4,7H2,1-2H3,(H2,18,19,20);;/q;2*+1/p-2. The predicted octanol–water partition coefficient (Wildman–Crippen LogP) is -7.85. The van der Waals surface area contributed by atoms with E-state index in [1.165, 1.54) is 12.7 Å². The Morgan fingerprint density at radius 3 is 2.58 bits per heavy atom. The molecule has 0 spiro atoms. The van der Waals surface area contributed by atoms with Crippen LogP contribution in [-0.2, 0) is 15.8 Å². The van der Waals surface area contributed by atoms with Gasteiger partial charge in [0.2, 0.25) is 0 Å². The first kappa shape index (κ1) is 24.4. The molecule has 2 heterocycles. The predicted molar refractivity (Wildman–Crippen MR) is 74.1 cm³/mol. The molecular weight excluding hydrogens is 359 g/mol. The number of ether oxygens (including phenoxy) is 1. The van der Waals surface area contributed by atoms with Crippen LogP contribution in [-0.4, -0.2) is 57.8 Å². The van der Waals surface area contributed by atoms with Gasteiger partial charge in [-0.15, -0.1) is 0 Å². The van der Waals surface area contributed by atoms with E-state index in [4.69, 9.17) is 0 Å². The minimum absolute atomic E-state index is 0. The molecule has 1 unspecified atom stereocenters. The van der Waals surface area contributed by atoms with Crippen LogP contribution >= 0.6 is 7.60 Å². The first-order valence-electron chi connectivity index (χ1n) is 6.38. The Bertz CT molecular complexity index is 694. The van der Waals surface area contributed by atoms with E-state index < -0.39 is 20.0 Å². The van der Waals surface area contributed by atoms with E-state index in [9.17, 15) is 19.5 Å². The molecule has 0 aliphatic heterocycles. The van der Waals surface area contributed by atoms with Crippen molar-refractivity contribution in [1.82, 2.24) is 19.5 Å². The van der Waals surface area contributed by atoms with Gasteiger partial charge in [0.25, 0.3) is 0 Å². The van der Waals surface area contributed by atoms with Crippen molar-refractivity contribution < 1.29 is 83.3 Å². The smallest absolute Gasteiger partial charge is 0.809 e. The van der Waals surface area contributed by atoms with Gasteiger partial charge in [0.15, 0.2) is 11.5 Å². The number of fused-ring (bicyclic) bond motifs is 1. The molecule has 0 fully saturated rings. The van der Waals surface area contributed by atoms with Crippen LogP contribution in [0.15, 0.2) is 12.7 Å². The monoisotopic (exact) mass is 375 g/mol. The van der Waals surface area contributed by atoms with Gasteiger partial charge in [0.1, 0.15) is 11.8 Å². The van der Waals surface area contributed by atoms with Gasteiger partial charge >= 0.3 is 59.1 Å². The second kappa shape index (κ2) is 10.5. The third-order valence-corrected chi connectivity index (χ3v) is 3.28. The normalized spacial score (nSPS) is 12.4. The van der Waals surface area contributed by atoms with Gasteiger partial charge in [-0.2, -0.15) is 0 Å². The van der Waals surface area contributed by atoms with Crippen molar-refractivity contribution >= 4 is 24.6 Å². The summed E-state index contributed by atoms with van der Waals surface area (Å²) in [7, 11) is -1.10. The number of hydrogen-bond donors (Lipinski definition) is 1. The number of rotatable bonds is 7. The van der Waals surface area contributed by atoms with Crippen molar-refractivity contribution in [1.29, 1.82) is 0 Å². The molecular formula is C11H16N5Na2O5P. The number of aliphatic hydroxyl groups is 1. The Morgan fingerprint density at radius 2 is 2.00 bits per heavy atom. The average molecular weight is 375 g/mol. The molecule has 0 bridgehead atoms. The Hall–Kier alpha value is 0.420. The minimum atomic E-state index is -4.73. The van der Waals surface area contributed by atoms with E-state index in [0.717, 1.165) is 0 Å². The number of aliphatic hydroxyl groups excluding tert-OH is 1. The Labute approximate surface area is 183 Å². The summed E-state index contributed by atoms with van der Waals surface area (Å²) in [5.74, 6) is 0.638. The Kier molecular flexibility index (Phi) is 10.7. The summed E-state index contributed by atoms with van der Waals surface area (Å²) in [6.07, 6.45) is 0.955. The third-order valence-electron chi connectivity index (χ3n) is 2.78. The van der Waals surface area contributed by atoms with Crippen LogP contribution < -0.4 is 73.8 Å². The van der Waals surface area contributed by atoms with Crippen LogP contribution in [0, 0.1) is 0 Å². The third kappa shape index (κ3) is 6.97. The van der Waals surface area contributed by atoms with Gasteiger partial charge in [-0.3, -0.25) is 0 Å². The molecule has 1 N–H and O–H groups in total. The molecule has 2 aromatic heterocycles. The maximum atomic E-state index is 10.5. The number of aromatic nitrogens is 4. The fourth-order valence-corrected chi connectivity index (χ4v) is 2.27. The number of imidazole rings is 1. The molecule has 0 saturated carbocycles. The van der Waals surface area contributed by atoms with Crippen LogP contribution in [0.25, 0.3) is 11.2 Å². The van der Waals surface area contributed by atoms with Gasteiger partial charge in [-0.25, -0.2) is 15.0 Å². The van der Waals surface area contributed by atoms with Crippen LogP contribution in [0.5, 0.6) is 0 Å². The van der Waals surface area contributed by atoms with Crippen molar-refractivity contribution in [2.75, 3.05) is 32.0 Å². The zero-order chi connectivity index (χ0) is 16.3. The van der Waals surface area contributed by atoms with Crippen molar-refractivity contribution in [2.24, 2.45) is 0 Å². The van der Waals surface area contributed by atoms with Crippen LogP contribution in [0.3, 0.4) is 0 Å². The van der Waals surface area contributed by atoms with E-state index in [2.05, 4.69) is 19.7 Å². The maximum absolute atomic E-state index is 10.5. The summed E-state index contributed by atoms with van der Waals surface area (Å²) in [5, 5.41) is 9.88. The first-order valence-corrected chi connectivity index (χ1v) is 8.11. The minimum Gasteiger partial charge on any atom is -0.809 e. The van der Waals surface area contributed by atoms with Crippen LogP contribution in [0.1, 0.15) is 0 Å². The molecule has 13 heteroatoms. The van der Waals surface area contributed by atoms with Gasteiger partial charge < -0.3 is 33.7 Å². The molecule has 0 aromatic carbocycles. The number of hydrogen-bond acceptors (Lipinski definition) is 9. The van der Waals surface area contributed by atoms with E-state index in [0.29, 0.717) is 17.0 Å². The summed E-state index contributed by atoms with van der Waals surface area (Å²) in [5.41, 5.74) is 1.13. The molecule has 122 valence electrons. The second-order valence-electron chi connectivity index (χ2n) is 4.93. The van der Waals surface area contributed by atoms with Crippen molar-refractivity contribution in [2.45, 2.75) is 12.6 Å². The van der Waals surface area contributed by atoms with Crippen molar-refractivity contribution in [3.05, 3.63) is 12.7 Å². The van der Waals surface area contributed by atoms with E-state index in [1.807, 2.05) is 14.1 Å². The molecule has 0 aliphatic carbocycles. The van der Waals surface area contributed by atoms with Gasteiger partial charge in [0, 0.05) is 14.1 Å². The summed E-state index contributed by atoms with van der Waals surface area (Å²) < 4.78 is 16.8.